The van der Waals surface area contributed by atoms with Crippen LogP contribution in [0.2, 0.25) is 0 Å². The molecule has 0 bridgehead atoms. The molecule has 3 aromatic rings. The third-order valence-corrected chi connectivity index (χ3v) is 5.19. The van der Waals surface area contributed by atoms with Crippen molar-refractivity contribution in [3.63, 3.8) is 0 Å². The summed E-state index contributed by atoms with van der Waals surface area (Å²) in [4.78, 5) is 47.1. The number of para-hydroxylation sites is 1. The van der Waals surface area contributed by atoms with Crippen molar-refractivity contribution in [1.29, 1.82) is 0 Å². The number of thiophene rings is 1. The van der Waals surface area contributed by atoms with E-state index in [-0.39, 0.29) is 16.3 Å². The molecular weight excluding hydrogens is 406 g/mol. The van der Waals surface area contributed by atoms with Gasteiger partial charge in [-0.2, -0.15) is 0 Å². The highest BCUT2D eigenvalue weighted by molar-refractivity contribution is 7.18. The third-order valence-electron chi connectivity index (χ3n) is 4.10. The van der Waals surface area contributed by atoms with Gasteiger partial charge in [0.2, 0.25) is 5.91 Å². The molecule has 1 amide bonds. The molecule has 0 fully saturated rings. The fourth-order valence-corrected chi connectivity index (χ4v) is 3.70. The number of rotatable bonds is 8. The second-order valence-electron chi connectivity index (χ2n) is 6.35. The molecule has 0 aliphatic heterocycles. The molecule has 3 rings (SSSR count). The minimum absolute atomic E-state index is 0.0992. The van der Waals surface area contributed by atoms with Gasteiger partial charge in [-0.15, -0.1) is 11.3 Å². The zero-order valence-corrected chi connectivity index (χ0v) is 16.7. The van der Waals surface area contributed by atoms with E-state index in [1.165, 1.54) is 37.3 Å². The molecule has 8 nitrogen and oxygen atoms in total. The van der Waals surface area contributed by atoms with Crippen LogP contribution in [-0.2, 0) is 4.79 Å². The lowest BCUT2D eigenvalue weighted by Gasteiger charge is -2.05. The third kappa shape index (κ3) is 5.15. The standard InChI is InChI=1S/C21H17N3O5S/c1-13(25)17-11-19(30-21(17)23-14-5-3-2-4-6-14)18(26)12-20(27)22-15-7-9-16(10-8-15)24(28)29/h2-11,23H,12H2,1H3,(H,22,27). The average molecular weight is 423 g/mol. The van der Waals surface area contributed by atoms with Gasteiger partial charge in [-0.1, -0.05) is 18.2 Å². The van der Waals surface area contributed by atoms with E-state index in [1.807, 2.05) is 30.3 Å². The predicted molar refractivity (Wildman–Crippen MR) is 115 cm³/mol. The van der Waals surface area contributed by atoms with Crippen LogP contribution in [0.25, 0.3) is 0 Å². The van der Waals surface area contributed by atoms with Crippen molar-refractivity contribution in [3.8, 4) is 0 Å². The molecule has 0 unspecified atom stereocenters. The van der Waals surface area contributed by atoms with Crippen LogP contribution < -0.4 is 10.6 Å². The van der Waals surface area contributed by atoms with Crippen molar-refractivity contribution in [1.82, 2.24) is 0 Å². The number of benzene rings is 2. The first-order chi connectivity index (χ1) is 14.3. The van der Waals surface area contributed by atoms with E-state index in [0.717, 1.165) is 17.0 Å². The highest BCUT2D eigenvalue weighted by atomic mass is 32.1. The number of anilines is 3. The molecule has 0 aliphatic rings. The molecule has 9 heteroatoms. The number of nitrogens with one attached hydrogen (secondary N) is 2. The van der Waals surface area contributed by atoms with Gasteiger partial charge in [-0.25, -0.2) is 0 Å². The summed E-state index contributed by atoms with van der Waals surface area (Å²) in [6.07, 6.45) is -0.417. The Balaban J connectivity index is 1.70. The molecule has 2 N–H and O–H groups in total. The number of non-ortho nitro benzene ring substituents is 1. The van der Waals surface area contributed by atoms with Crippen LogP contribution in [0.5, 0.6) is 0 Å². The lowest BCUT2D eigenvalue weighted by molar-refractivity contribution is -0.384. The predicted octanol–water partition coefficient (Wildman–Crippen LogP) is 4.81. The quantitative estimate of drug-likeness (QED) is 0.232. The summed E-state index contributed by atoms with van der Waals surface area (Å²) < 4.78 is 0. The zero-order valence-electron chi connectivity index (χ0n) is 15.9. The Labute approximate surface area is 175 Å². The molecular formula is C21H17N3O5S. The summed E-state index contributed by atoms with van der Waals surface area (Å²) in [6, 6.07) is 16.0. The lowest BCUT2D eigenvalue weighted by atomic mass is 10.1. The van der Waals surface area contributed by atoms with Gasteiger partial charge in [0, 0.05) is 23.5 Å². The summed E-state index contributed by atoms with van der Waals surface area (Å²) >= 11 is 1.11. The van der Waals surface area contributed by atoms with Crippen LogP contribution in [0.15, 0.2) is 60.7 Å². The normalized spacial score (nSPS) is 10.3. The lowest BCUT2D eigenvalue weighted by Crippen LogP contribution is -2.16. The van der Waals surface area contributed by atoms with Gasteiger partial charge < -0.3 is 10.6 Å². The van der Waals surface area contributed by atoms with Crippen LogP contribution in [0.4, 0.5) is 22.1 Å². The Morgan fingerprint density at radius 3 is 2.27 bits per heavy atom. The van der Waals surface area contributed by atoms with Crippen LogP contribution >= 0.6 is 11.3 Å². The van der Waals surface area contributed by atoms with Crippen LogP contribution in [0.1, 0.15) is 33.4 Å². The molecule has 0 radical (unpaired) electrons. The number of ketones is 2. The van der Waals surface area contributed by atoms with Gasteiger partial charge in [0.05, 0.1) is 21.8 Å². The molecule has 0 atom stereocenters. The summed E-state index contributed by atoms with van der Waals surface area (Å²) in [6.45, 7) is 1.41. The first-order valence-corrected chi connectivity index (χ1v) is 9.69. The van der Waals surface area contributed by atoms with Gasteiger partial charge in [0.15, 0.2) is 11.6 Å². The van der Waals surface area contributed by atoms with E-state index >= 15 is 0 Å². The smallest absolute Gasteiger partial charge is 0.269 e. The number of nitro groups is 1. The zero-order chi connectivity index (χ0) is 21.7. The van der Waals surface area contributed by atoms with Crippen LogP contribution in [-0.4, -0.2) is 22.4 Å². The van der Waals surface area contributed by atoms with Crippen LogP contribution in [0, 0.1) is 10.1 Å². The monoisotopic (exact) mass is 423 g/mol. The number of amides is 1. The fraction of sp³-hybridized carbons (Fsp3) is 0.0952. The van der Waals surface area contributed by atoms with E-state index in [9.17, 15) is 24.5 Å². The van der Waals surface area contributed by atoms with Gasteiger partial charge >= 0.3 is 0 Å². The minimum Gasteiger partial charge on any atom is -0.347 e. The highest BCUT2D eigenvalue weighted by Gasteiger charge is 2.20. The van der Waals surface area contributed by atoms with Crippen molar-refractivity contribution in [2.45, 2.75) is 13.3 Å². The second-order valence-corrected chi connectivity index (χ2v) is 7.40. The molecule has 0 spiro atoms. The Morgan fingerprint density at radius 2 is 1.67 bits per heavy atom. The Morgan fingerprint density at radius 1 is 1.00 bits per heavy atom. The Kier molecular flexibility index (Phi) is 6.33. The molecule has 30 heavy (non-hydrogen) atoms. The second kappa shape index (κ2) is 9.10. The average Bonchev–Trinajstić information content (AvgIpc) is 3.13. The van der Waals surface area contributed by atoms with Crippen molar-refractivity contribution in [3.05, 3.63) is 81.2 Å². The summed E-state index contributed by atoms with van der Waals surface area (Å²) in [5.41, 5.74) is 1.40. The van der Waals surface area contributed by atoms with Crippen molar-refractivity contribution in [2.24, 2.45) is 0 Å². The maximum absolute atomic E-state index is 12.6. The molecule has 0 saturated carbocycles. The number of hydrogen-bond donors (Lipinski definition) is 2. The summed E-state index contributed by atoms with van der Waals surface area (Å²) in [5, 5.41) is 16.9. The van der Waals surface area contributed by atoms with E-state index in [0.29, 0.717) is 16.3 Å². The Bertz CT molecular complexity index is 1110. The number of carbonyl (C=O) groups excluding carboxylic acids is 3. The molecule has 2 aromatic carbocycles. The largest absolute Gasteiger partial charge is 0.347 e. The van der Waals surface area contributed by atoms with E-state index in [2.05, 4.69) is 10.6 Å². The Hall–Kier alpha value is -3.85. The van der Waals surface area contributed by atoms with Crippen LogP contribution in [0.3, 0.4) is 0 Å². The summed E-state index contributed by atoms with van der Waals surface area (Å²) in [7, 11) is 0. The maximum Gasteiger partial charge on any atom is 0.269 e. The molecule has 0 aliphatic carbocycles. The first kappa shape index (κ1) is 20.9. The fourth-order valence-electron chi connectivity index (χ4n) is 2.64. The SMILES string of the molecule is CC(=O)c1cc(C(=O)CC(=O)Nc2ccc([N+](=O)[O-])cc2)sc1Nc1ccccc1. The van der Waals surface area contributed by atoms with E-state index < -0.39 is 23.0 Å². The number of nitrogens with zero attached hydrogens (tertiary/aromatic N) is 1. The van der Waals surface area contributed by atoms with Crippen molar-refractivity contribution in [2.75, 3.05) is 10.6 Å². The number of carbonyl (C=O) groups is 3. The van der Waals surface area contributed by atoms with Crippen molar-refractivity contribution < 1.29 is 19.3 Å². The number of Topliss-reactive ketones (excluding diaryl/α,β-unsaturated/α-hetero) is 2. The van der Waals surface area contributed by atoms with Gasteiger partial charge in [-0.05, 0) is 37.3 Å². The van der Waals surface area contributed by atoms with E-state index in [1.54, 1.807) is 0 Å². The van der Waals surface area contributed by atoms with Gasteiger partial charge in [0.1, 0.15) is 5.00 Å². The number of hydrogen-bond acceptors (Lipinski definition) is 7. The topological polar surface area (TPSA) is 118 Å². The van der Waals surface area contributed by atoms with Gasteiger partial charge in [0.25, 0.3) is 5.69 Å². The first-order valence-electron chi connectivity index (χ1n) is 8.88. The van der Waals surface area contributed by atoms with Gasteiger partial charge in [-0.3, -0.25) is 24.5 Å². The van der Waals surface area contributed by atoms with E-state index in [4.69, 9.17) is 0 Å². The van der Waals surface area contributed by atoms with Crippen molar-refractivity contribution >= 4 is 50.9 Å². The highest BCUT2D eigenvalue weighted by Crippen LogP contribution is 2.32. The number of nitro benzene ring substituents is 1. The minimum atomic E-state index is -0.552. The maximum atomic E-state index is 12.6. The summed E-state index contributed by atoms with van der Waals surface area (Å²) in [5.74, 6) is -1.17. The molecule has 152 valence electrons. The molecule has 1 aromatic heterocycles. The molecule has 1 heterocycles. The molecule has 0 saturated heterocycles.